The summed E-state index contributed by atoms with van der Waals surface area (Å²) in [7, 11) is -3.83. The van der Waals surface area contributed by atoms with Crippen LogP contribution in [0.1, 0.15) is 60.0 Å². The Hall–Kier alpha value is -3.35. The zero-order valence-corrected chi connectivity index (χ0v) is 20.7. The van der Waals surface area contributed by atoms with Gasteiger partial charge in [-0.05, 0) is 67.9 Å². The monoisotopic (exact) mass is 543 g/mol. The number of nitrogens with zero attached hydrogens (tertiary/aromatic N) is 2. The van der Waals surface area contributed by atoms with Gasteiger partial charge >= 0.3 is 18.1 Å². The largest absolute Gasteiger partial charge is 0.490 e. The molecule has 2 aliphatic rings. The normalized spacial score (nSPS) is 16.0. The van der Waals surface area contributed by atoms with Crippen molar-refractivity contribution in [1.29, 1.82) is 0 Å². The van der Waals surface area contributed by atoms with E-state index >= 15 is 0 Å². The third-order valence-electron chi connectivity index (χ3n) is 6.13. The van der Waals surface area contributed by atoms with E-state index in [2.05, 4.69) is 9.71 Å². The van der Waals surface area contributed by atoms with E-state index in [0.717, 1.165) is 70.0 Å². The predicted molar refractivity (Wildman–Crippen MR) is 129 cm³/mol. The summed E-state index contributed by atoms with van der Waals surface area (Å²) in [6.07, 6.45) is 4.61. The second kappa shape index (κ2) is 11.8. The Labute approximate surface area is 212 Å². The highest BCUT2D eigenvalue weighted by molar-refractivity contribution is 7.92. The molecule has 0 radical (unpaired) electrons. The minimum atomic E-state index is -5.08. The Morgan fingerprint density at radius 2 is 1.51 bits per heavy atom. The van der Waals surface area contributed by atoms with Crippen molar-refractivity contribution in [2.45, 2.75) is 62.4 Å². The van der Waals surface area contributed by atoms with E-state index in [9.17, 15) is 31.5 Å². The van der Waals surface area contributed by atoms with Crippen molar-refractivity contribution in [3.63, 3.8) is 0 Å². The Morgan fingerprint density at radius 3 is 2.08 bits per heavy atom. The van der Waals surface area contributed by atoms with Crippen molar-refractivity contribution >= 4 is 33.5 Å². The molecule has 2 heterocycles. The summed E-state index contributed by atoms with van der Waals surface area (Å²) < 4.78 is 60.1. The number of aromatic nitrogens is 1. The highest BCUT2D eigenvalue weighted by Gasteiger charge is 2.38. The summed E-state index contributed by atoms with van der Waals surface area (Å²) in [6.45, 7) is 1.51. The van der Waals surface area contributed by atoms with Gasteiger partial charge in [-0.2, -0.15) is 13.2 Å². The topological polar surface area (TPSA) is 137 Å². The molecule has 13 heteroatoms. The number of hydrogen-bond acceptors (Lipinski definition) is 6. The van der Waals surface area contributed by atoms with Gasteiger partial charge in [0.2, 0.25) is 0 Å². The van der Waals surface area contributed by atoms with Crippen molar-refractivity contribution in [3.05, 3.63) is 47.2 Å². The predicted octanol–water partition coefficient (Wildman–Crippen LogP) is 4.47. The number of hydrogen-bond donors (Lipinski definition) is 3. The number of pyridine rings is 1. The number of rotatable bonds is 5. The average Bonchev–Trinajstić information content (AvgIpc) is 3.13. The standard InChI is InChI=1S/C22H27N3O4S.C2HF3O2/c26-22(27)20-14-18(15-23-21(20)25-11-5-1-2-6-12-25)24-30(28,29)19-10-9-16-7-3-4-8-17(16)13-19;3-2(4,5)1(6)7/h9-10,13-15,24H,1-8,11-12H2,(H,26,27);(H,6,7). The molecule has 0 spiro atoms. The molecule has 1 aromatic heterocycles. The fourth-order valence-electron chi connectivity index (χ4n) is 4.30. The van der Waals surface area contributed by atoms with Crippen LogP contribution in [0.2, 0.25) is 0 Å². The summed E-state index contributed by atoms with van der Waals surface area (Å²) in [4.78, 5) is 27.3. The Balaban J connectivity index is 0.000000479. The zero-order chi connectivity index (χ0) is 27.2. The van der Waals surface area contributed by atoms with Gasteiger partial charge in [-0.25, -0.2) is 23.0 Å². The molecule has 4 rings (SSSR count). The van der Waals surface area contributed by atoms with Gasteiger partial charge in [0.25, 0.3) is 10.0 Å². The molecule has 1 aromatic carbocycles. The molecule has 0 bridgehead atoms. The number of carbonyl (C=O) groups is 2. The maximum Gasteiger partial charge on any atom is 0.490 e. The van der Waals surface area contributed by atoms with E-state index < -0.39 is 28.1 Å². The maximum atomic E-state index is 12.9. The molecular weight excluding hydrogens is 515 g/mol. The molecule has 0 atom stereocenters. The van der Waals surface area contributed by atoms with Gasteiger partial charge in [-0.3, -0.25) is 4.72 Å². The van der Waals surface area contributed by atoms with Gasteiger partial charge in [-0.1, -0.05) is 18.9 Å². The minimum absolute atomic E-state index is 0.0162. The third kappa shape index (κ3) is 7.57. The molecule has 37 heavy (non-hydrogen) atoms. The minimum Gasteiger partial charge on any atom is -0.478 e. The van der Waals surface area contributed by atoms with Crippen LogP contribution in [0.5, 0.6) is 0 Å². The van der Waals surface area contributed by atoms with Crippen LogP contribution in [0.4, 0.5) is 24.7 Å². The van der Waals surface area contributed by atoms with Crippen LogP contribution in [0.25, 0.3) is 0 Å². The number of aromatic carboxylic acids is 1. The van der Waals surface area contributed by atoms with E-state index in [4.69, 9.17) is 9.90 Å². The highest BCUT2D eigenvalue weighted by atomic mass is 32.2. The lowest BCUT2D eigenvalue weighted by molar-refractivity contribution is -0.192. The van der Waals surface area contributed by atoms with Crippen LogP contribution in [-0.2, 0) is 27.7 Å². The molecule has 9 nitrogen and oxygen atoms in total. The number of halogens is 3. The molecule has 1 aliphatic carbocycles. The SMILES string of the molecule is O=C(O)C(F)(F)F.O=C(O)c1cc(NS(=O)(=O)c2ccc3c(c2)CCCC3)cnc1N1CCCCCC1. The number of nitrogens with one attached hydrogen (secondary N) is 1. The number of carboxylic acids is 2. The molecule has 2 aromatic rings. The molecule has 0 saturated carbocycles. The average molecular weight is 544 g/mol. The van der Waals surface area contributed by atoms with Crippen molar-refractivity contribution in [2.75, 3.05) is 22.7 Å². The molecule has 3 N–H and O–H groups in total. The smallest absolute Gasteiger partial charge is 0.478 e. The number of carboxylic acid groups (broad SMARTS) is 2. The number of aliphatic carboxylic acids is 1. The van der Waals surface area contributed by atoms with Crippen LogP contribution in [0.15, 0.2) is 35.4 Å². The first-order chi connectivity index (χ1) is 17.4. The molecule has 1 aliphatic heterocycles. The molecule has 0 unspecified atom stereocenters. The summed E-state index contributed by atoms with van der Waals surface area (Å²) in [5.41, 5.74) is 2.45. The molecule has 202 valence electrons. The first-order valence-electron chi connectivity index (χ1n) is 11.8. The Morgan fingerprint density at radius 1 is 0.919 bits per heavy atom. The van der Waals surface area contributed by atoms with Crippen molar-refractivity contribution in [1.82, 2.24) is 4.98 Å². The van der Waals surface area contributed by atoms with E-state index in [-0.39, 0.29) is 16.1 Å². The summed E-state index contributed by atoms with van der Waals surface area (Å²) in [6, 6.07) is 6.59. The van der Waals surface area contributed by atoms with Crippen molar-refractivity contribution in [3.8, 4) is 0 Å². The molecule has 1 saturated heterocycles. The van der Waals surface area contributed by atoms with Gasteiger partial charge in [0, 0.05) is 13.1 Å². The summed E-state index contributed by atoms with van der Waals surface area (Å²) in [5, 5.41) is 16.8. The van der Waals surface area contributed by atoms with Crippen LogP contribution in [0.3, 0.4) is 0 Å². The molecule has 0 amide bonds. The number of aryl methyl sites for hydroxylation is 2. The van der Waals surface area contributed by atoms with Gasteiger partial charge in [0.05, 0.1) is 16.8 Å². The Bertz CT molecular complexity index is 1240. The number of fused-ring (bicyclic) bond motifs is 1. The first kappa shape index (κ1) is 28.2. The van der Waals surface area contributed by atoms with Gasteiger partial charge in [0.1, 0.15) is 11.4 Å². The number of benzene rings is 1. The van der Waals surface area contributed by atoms with E-state index in [1.807, 2.05) is 11.0 Å². The third-order valence-corrected chi connectivity index (χ3v) is 7.51. The highest BCUT2D eigenvalue weighted by Crippen LogP contribution is 2.28. The van der Waals surface area contributed by atoms with Gasteiger partial charge in [0.15, 0.2) is 0 Å². The lowest BCUT2D eigenvalue weighted by atomic mass is 9.92. The lowest BCUT2D eigenvalue weighted by Crippen LogP contribution is -2.27. The second-order valence-electron chi connectivity index (χ2n) is 8.85. The van der Waals surface area contributed by atoms with Crippen molar-refractivity contribution < 1.29 is 41.4 Å². The number of anilines is 2. The van der Waals surface area contributed by atoms with Crippen LogP contribution >= 0.6 is 0 Å². The number of alkyl halides is 3. The van der Waals surface area contributed by atoms with E-state index in [1.165, 1.54) is 17.8 Å². The van der Waals surface area contributed by atoms with E-state index in [0.29, 0.717) is 5.82 Å². The van der Waals surface area contributed by atoms with Crippen LogP contribution in [-0.4, -0.2) is 54.8 Å². The second-order valence-corrected chi connectivity index (χ2v) is 10.5. The fourth-order valence-corrected chi connectivity index (χ4v) is 5.38. The summed E-state index contributed by atoms with van der Waals surface area (Å²) in [5.74, 6) is -3.47. The van der Waals surface area contributed by atoms with Gasteiger partial charge < -0.3 is 15.1 Å². The first-order valence-corrected chi connectivity index (χ1v) is 13.3. The zero-order valence-electron chi connectivity index (χ0n) is 19.9. The number of sulfonamides is 1. The quantitative estimate of drug-likeness (QED) is 0.502. The van der Waals surface area contributed by atoms with Crippen LogP contribution < -0.4 is 9.62 Å². The van der Waals surface area contributed by atoms with Crippen molar-refractivity contribution in [2.24, 2.45) is 0 Å². The van der Waals surface area contributed by atoms with E-state index in [1.54, 1.807) is 12.1 Å². The maximum absolute atomic E-state index is 12.9. The lowest BCUT2D eigenvalue weighted by Gasteiger charge is -2.23. The summed E-state index contributed by atoms with van der Waals surface area (Å²) >= 11 is 0. The van der Waals surface area contributed by atoms with Gasteiger partial charge in [-0.15, -0.1) is 0 Å². The Kier molecular flexibility index (Phi) is 9.00. The fraction of sp³-hybridized carbons (Fsp3) is 0.458. The van der Waals surface area contributed by atoms with Crippen LogP contribution in [0, 0.1) is 0 Å². The molecular formula is C24H28F3N3O6S. The molecule has 1 fully saturated rings.